The van der Waals surface area contributed by atoms with Crippen LogP contribution in [0, 0.1) is 5.82 Å². The second-order valence-electron chi connectivity index (χ2n) is 9.77. The maximum Gasteiger partial charge on any atom is 0.207 e. The molecule has 1 saturated heterocycles. The molecule has 0 aliphatic carbocycles. The summed E-state index contributed by atoms with van der Waals surface area (Å²) in [6.45, 7) is 8.64. The quantitative estimate of drug-likeness (QED) is 0.307. The Labute approximate surface area is 209 Å². The first-order chi connectivity index (χ1) is 16.8. The molecule has 5 rings (SSSR count). The third-order valence-corrected chi connectivity index (χ3v) is 6.80. The molecule has 0 bridgehead atoms. The second-order valence-corrected chi connectivity index (χ2v) is 10.2. The zero-order valence-electron chi connectivity index (χ0n) is 20.3. The first kappa shape index (κ1) is 23.6. The van der Waals surface area contributed by atoms with Crippen molar-refractivity contribution in [3.05, 3.63) is 65.7 Å². The first-order valence-electron chi connectivity index (χ1n) is 11.6. The standard InChI is InChI=1S/C27H28ClFN4O2/c1-27(2,3)32-13-12-18(16-32)33-26-20(14-30-15-21(26)28)25(31-33)17-8-10-19(11-9-17)35-23-7-5-6-22(34-4)24(23)29/h5-11,14-15,18H,12-13,16H2,1-4H3. The van der Waals surface area contributed by atoms with Crippen molar-refractivity contribution in [2.24, 2.45) is 0 Å². The Morgan fingerprint density at radius 3 is 2.49 bits per heavy atom. The molecule has 1 atom stereocenters. The Hall–Kier alpha value is -3.16. The summed E-state index contributed by atoms with van der Waals surface area (Å²) in [5, 5.41) is 6.51. The summed E-state index contributed by atoms with van der Waals surface area (Å²) < 4.78 is 27.3. The van der Waals surface area contributed by atoms with E-state index >= 15 is 0 Å². The summed E-state index contributed by atoms with van der Waals surface area (Å²) in [6, 6.07) is 12.5. The number of hydrogen-bond acceptors (Lipinski definition) is 5. The van der Waals surface area contributed by atoms with E-state index in [2.05, 4.69) is 35.3 Å². The van der Waals surface area contributed by atoms with Crippen molar-refractivity contribution in [3.8, 4) is 28.5 Å². The molecule has 0 saturated carbocycles. The number of hydrogen-bond donors (Lipinski definition) is 0. The number of rotatable bonds is 5. The van der Waals surface area contributed by atoms with Gasteiger partial charge in [-0.15, -0.1) is 0 Å². The van der Waals surface area contributed by atoms with Crippen molar-refractivity contribution < 1.29 is 13.9 Å². The van der Waals surface area contributed by atoms with E-state index in [0.717, 1.165) is 41.7 Å². The van der Waals surface area contributed by atoms with Gasteiger partial charge in [-0.1, -0.05) is 17.7 Å². The highest BCUT2D eigenvalue weighted by Crippen LogP contribution is 2.37. The van der Waals surface area contributed by atoms with Gasteiger partial charge in [-0.2, -0.15) is 9.49 Å². The van der Waals surface area contributed by atoms with Gasteiger partial charge in [0, 0.05) is 42.0 Å². The largest absolute Gasteiger partial charge is 0.494 e. The number of ether oxygens (including phenoxy) is 2. The van der Waals surface area contributed by atoms with Crippen LogP contribution < -0.4 is 9.47 Å². The molecule has 8 heteroatoms. The van der Waals surface area contributed by atoms with Gasteiger partial charge in [0.15, 0.2) is 11.5 Å². The summed E-state index contributed by atoms with van der Waals surface area (Å²) in [5.74, 6) is 0.215. The van der Waals surface area contributed by atoms with E-state index in [0.29, 0.717) is 10.8 Å². The van der Waals surface area contributed by atoms with E-state index in [1.165, 1.54) is 7.11 Å². The van der Waals surface area contributed by atoms with Gasteiger partial charge < -0.3 is 9.47 Å². The Morgan fingerprint density at radius 1 is 1.06 bits per heavy atom. The Morgan fingerprint density at radius 2 is 1.80 bits per heavy atom. The monoisotopic (exact) mass is 494 g/mol. The van der Waals surface area contributed by atoms with Crippen LogP contribution in [0.15, 0.2) is 54.9 Å². The summed E-state index contributed by atoms with van der Waals surface area (Å²) in [5.41, 5.74) is 2.71. The van der Waals surface area contributed by atoms with Crippen LogP contribution in [0.25, 0.3) is 22.2 Å². The molecule has 182 valence electrons. The molecule has 1 aliphatic heterocycles. The van der Waals surface area contributed by atoms with Gasteiger partial charge in [0.25, 0.3) is 0 Å². The predicted octanol–water partition coefficient (Wildman–Crippen LogP) is 6.74. The van der Waals surface area contributed by atoms with Crippen LogP contribution in [-0.2, 0) is 0 Å². The fraction of sp³-hybridized carbons (Fsp3) is 0.333. The number of methoxy groups -OCH3 is 1. The number of halogens is 2. The Bertz CT molecular complexity index is 1360. The molecule has 0 spiro atoms. The van der Waals surface area contributed by atoms with E-state index in [1.807, 2.05) is 18.3 Å². The van der Waals surface area contributed by atoms with Crippen molar-refractivity contribution in [2.75, 3.05) is 20.2 Å². The van der Waals surface area contributed by atoms with E-state index in [-0.39, 0.29) is 23.1 Å². The van der Waals surface area contributed by atoms with Crippen LogP contribution in [0.2, 0.25) is 5.02 Å². The number of fused-ring (bicyclic) bond motifs is 1. The third-order valence-electron chi connectivity index (χ3n) is 6.53. The van der Waals surface area contributed by atoms with Crippen molar-refractivity contribution >= 4 is 22.5 Å². The smallest absolute Gasteiger partial charge is 0.207 e. The predicted molar refractivity (Wildman–Crippen MR) is 136 cm³/mol. The Balaban J connectivity index is 1.47. The molecule has 1 fully saturated rings. The van der Waals surface area contributed by atoms with Crippen LogP contribution in [0.4, 0.5) is 4.39 Å². The minimum atomic E-state index is -0.537. The highest BCUT2D eigenvalue weighted by Gasteiger charge is 2.33. The van der Waals surface area contributed by atoms with Gasteiger partial charge in [0.2, 0.25) is 5.82 Å². The first-order valence-corrected chi connectivity index (χ1v) is 12.0. The summed E-state index contributed by atoms with van der Waals surface area (Å²) >= 11 is 6.62. The van der Waals surface area contributed by atoms with Gasteiger partial charge in [-0.3, -0.25) is 14.6 Å². The lowest BCUT2D eigenvalue weighted by Gasteiger charge is -2.31. The number of pyridine rings is 1. The molecule has 1 aliphatic rings. The molecule has 0 radical (unpaired) electrons. The van der Waals surface area contributed by atoms with Crippen LogP contribution in [-0.4, -0.2) is 45.4 Å². The SMILES string of the molecule is COc1cccc(Oc2ccc(-c3nn(C4CCN(C(C)(C)C)C4)c4c(Cl)cncc34)cc2)c1F. The van der Waals surface area contributed by atoms with Crippen LogP contribution >= 0.6 is 11.6 Å². The highest BCUT2D eigenvalue weighted by atomic mass is 35.5. The lowest BCUT2D eigenvalue weighted by Crippen LogP contribution is -2.39. The fourth-order valence-electron chi connectivity index (χ4n) is 4.61. The van der Waals surface area contributed by atoms with Crippen LogP contribution in [0.5, 0.6) is 17.2 Å². The van der Waals surface area contributed by atoms with Crippen molar-refractivity contribution in [3.63, 3.8) is 0 Å². The maximum absolute atomic E-state index is 14.5. The van der Waals surface area contributed by atoms with Crippen LogP contribution in [0.1, 0.15) is 33.2 Å². The zero-order chi connectivity index (χ0) is 24.7. The fourth-order valence-corrected chi connectivity index (χ4v) is 4.85. The topological polar surface area (TPSA) is 52.4 Å². The lowest BCUT2D eigenvalue weighted by atomic mass is 10.1. The maximum atomic E-state index is 14.5. The van der Waals surface area contributed by atoms with E-state index in [1.54, 1.807) is 36.5 Å². The van der Waals surface area contributed by atoms with Crippen LogP contribution in [0.3, 0.4) is 0 Å². The van der Waals surface area contributed by atoms with E-state index in [4.69, 9.17) is 26.2 Å². The number of likely N-dealkylation sites (tertiary alicyclic amines) is 1. The molecule has 0 N–H and O–H groups in total. The van der Waals surface area contributed by atoms with E-state index in [9.17, 15) is 4.39 Å². The molecule has 6 nitrogen and oxygen atoms in total. The van der Waals surface area contributed by atoms with Gasteiger partial charge in [0.1, 0.15) is 11.4 Å². The van der Waals surface area contributed by atoms with Crippen molar-refractivity contribution in [2.45, 2.75) is 38.8 Å². The third kappa shape index (κ3) is 4.46. The second kappa shape index (κ2) is 9.13. The minimum absolute atomic E-state index is 0.101. The van der Waals surface area contributed by atoms with E-state index < -0.39 is 5.82 Å². The summed E-state index contributed by atoms with van der Waals surface area (Å²) in [4.78, 5) is 6.79. The molecule has 2 aromatic heterocycles. The molecular weight excluding hydrogens is 467 g/mol. The zero-order valence-corrected chi connectivity index (χ0v) is 21.0. The van der Waals surface area contributed by atoms with Gasteiger partial charge in [0.05, 0.1) is 23.7 Å². The minimum Gasteiger partial charge on any atom is -0.494 e. The summed E-state index contributed by atoms with van der Waals surface area (Å²) in [7, 11) is 1.42. The van der Waals surface area contributed by atoms with Gasteiger partial charge in [-0.05, 0) is 63.6 Å². The number of aromatic nitrogens is 3. The number of benzene rings is 2. The molecule has 1 unspecified atom stereocenters. The number of nitrogens with zero attached hydrogens (tertiary/aromatic N) is 4. The van der Waals surface area contributed by atoms with Crippen molar-refractivity contribution in [1.29, 1.82) is 0 Å². The average Bonchev–Trinajstić information content (AvgIpc) is 3.47. The molecule has 2 aromatic carbocycles. The molecule has 4 aromatic rings. The summed E-state index contributed by atoms with van der Waals surface area (Å²) in [6.07, 6.45) is 4.49. The normalized spacial score (nSPS) is 16.7. The highest BCUT2D eigenvalue weighted by molar-refractivity contribution is 6.35. The lowest BCUT2D eigenvalue weighted by molar-refractivity contribution is 0.168. The molecular formula is C27H28ClFN4O2. The molecule has 0 amide bonds. The van der Waals surface area contributed by atoms with Gasteiger partial charge >= 0.3 is 0 Å². The molecule has 35 heavy (non-hydrogen) atoms. The van der Waals surface area contributed by atoms with Crippen molar-refractivity contribution in [1.82, 2.24) is 19.7 Å². The van der Waals surface area contributed by atoms with Gasteiger partial charge in [-0.25, -0.2) is 0 Å². The molecule has 3 heterocycles. The Kier molecular flexibility index (Phi) is 6.15. The average molecular weight is 495 g/mol.